The molecule has 0 spiro atoms. The number of rotatable bonds is 7. The van der Waals surface area contributed by atoms with Crippen molar-refractivity contribution >= 4 is 5.97 Å². The highest BCUT2D eigenvalue weighted by molar-refractivity contribution is 5.80. The van der Waals surface area contributed by atoms with Gasteiger partial charge in [0.1, 0.15) is 5.54 Å². The predicted molar refractivity (Wildman–Crippen MR) is 79.2 cm³/mol. The second kappa shape index (κ2) is 7.54. The molecule has 0 radical (unpaired) electrons. The second-order valence-corrected chi connectivity index (χ2v) is 5.26. The average Bonchev–Trinajstić information content (AvgIpc) is 2.53. The van der Waals surface area contributed by atoms with Gasteiger partial charge in [0.15, 0.2) is 0 Å². The molecule has 1 aromatic carbocycles. The number of benzene rings is 1. The molecule has 5 heteroatoms. The summed E-state index contributed by atoms with van der Waals surface area (Å²) in [5, 5.41) is 12.6. The van der Waals surface area contributed by atoms with Gasteiger partial charge in [-0.1, -0.05) is 30.3 Å². The van der Waals surface area contributed by atoms with Crippen molar-refractivity contribution in [3.63, 3.8) is 0 Å². The maximum absolute atomic E-state index is 11.8. The fourth-order valence-corrected chi connectivity index (χ4v) is 2.69. The number of hydrogen-bond donors (Lipinski definition) is 2. The van der Waals surface area contributed by atoms with Gasteiger partial charge in [0, 0.05) is 26.2 Å². The molecule has 21 heavy (non-hydrogen) atoms. The average molecular weight is 293 g/mol. The van der Waals surface area contributed by atoms with Gasteiger partial charge in [-0.05, 0) is 25.5 Å². The van der Waals surface area contributed by atoms with Crippen molar-refractivity contribution in [2.24, 2.45) is 0 Å². The highest BCUT2D eigenvalue weighted by atomic mass is 16.5. The van der Waals surface area contributed by atoms with Crippen molar-refractivity contribution in [2.45, 2.75) is 30.9 Å². The van der Waals surface area contributed by atoms with Gasteiger partial charge in [-0.2, -0.15) is 0 Å². The van der Waals surface area contributed by atoms with Gasteiger partial charge >= 0.3 is 5.97 Å². The van der Waals surface area contributed by atoms with E-state index in [4.69, 9.17) is 9.47 Å². The van der Waals surface area contributed by atoms with Crippen LogP contribution in [0.5, 0.6) is 0 Å². The number of carboxylic acids is 1. The summed E-state index contributed by atoms with van der Waals surface area (Å²) in [4.78, 5) is 11.8. The van der Waals surface area contributed by atoms with Crippen molar-refractivity contribution in [2.75, 3.05) is 26.9 Å². The minimum atomic E-state index is -1.10. The van der Waals surface area contributed by atoms with Crippen LogP contribution in [0.3, 0.4) is 0 Å². The van der Waals surface area contributed by atoms with Gasteiger partial charge in [-0.25, -0.2) is 4.79 Å². The molecule has 1 saturated heterocycles. The van der Waals surface area contributed by atoms with E-state index in [0.29, 0.717) is 13.0 Å². The first-order valence-electron chi connectivity index (χ1n) is 7.36. The van der Waals surface area contributed by atoms with E-state index in [2.05, 4.69) is 5.32 Å². The molecule has 1 aliphatic rings. The van der Waals surface area contributed by atoms with Crippen LogP contribution in [0.1, 0.15) is 24.8 Å². The van der Waals surface area contributed by atoms with Crippen molar-refractivity contribution in [3.8, 4) is 0 Å². The van der Waals surface area contributed by atoms with Gasteiger partial charge in [-0.3, -0.25) is 0 Å². The van der Waals surface area contributed by atoms with Crippen LogP contribution in [0, 0.1) is 0 Å². The molecule has 116 valence electrons. The highest BCUT2D eigenvalue weighted by Crippen LogP contribution is 2.26. The zero-order chi connectivity index (χ0) is 15.1. The van der Waals surface area contributed by atoms with E-state index >= 15 is 0 Å². The summed E-state index contributed by atoms with van der Waals surface area (Å²) in [6, 6.07) is 9.25. The lowest BCUT2D eigenvalue weighted by molar-refractivity contribution is -0.146. The topological polar surface area (TPSA) is 67.8 Å². The summed E-state index contributed by atoms with van der Waals surface area (Å²) in [7, 11) is 1.68. The first kappa shape index (κ1) is 15.9. The maximum atomic E-state index is 11.8. The molecule has 1 aliphatic heterocycles. The summed E-state index contributed by atoms with van der Waals surface area (Å²) in [6.07, 6.45) is 2.33. The molecule has 2 N–H and O–H groups in total. The third-order valence-electron chi connectivity index (χ3n) is 4.06. The lowest BCUT2D eigenvalue weighted by Crippen LogP contribution is -2.48. The van der Waals surface area contributed by atoms with Crippen LogP contribution >= 0.6 is 0 Å². The summed E-state index contributed by atoms with van der Waals surface area (Å²) in [6.45, 7) is 1.85. The Morgan fingerprint density at radius 3 is 2.62 bits per heavy atom. The Morgan fingerprint density at radius 2 is 2.05 bits per heavy atom. The van der Waals surface area contributed by atoms with E-state index < -0.39 is 11.5 Å². The van der Waals surface area contributed by atoms with Gasteiger partial charge in [0.25, 0.3) is 0 Å². The monoisotopic (exact) mass is 293 g/mol. The van der Waals surface area contributed by atoms with Crippen LogP contribution in [-0.2, 0) is 19.8 Å². The summed E-state index contributed by atoms with van der Waals surface area (Å²) >= 11 is 0. The number of aliphatic carboxylic acids is 1. The molecular weight excluding hydrogens is 270 g/mol. The van der Waals surface area contributed by atoms with Gasteiger partial charge < -0.3 is 19.9 Å². The molecule has 1 fully saturated rings. The molecule has 1 aromatic rings. The first-order chi connectivity index (χ1) is 10.2. The number of ether oxygens (including phenoxy) is 2. The summed E-state index contributed by atoms with van der Waals surface area (Å²) < 4.78 is 11.1. The van der Waals surface area contributed by atoms with Crippen LogP contribution in [0.2, 0.25) is 0 Å². The smallest absolute Gasteiger partial charge is 0.328 e. The van der Waals surface area contributed by atoms with Crippen LogP contribution in [0.25, 0.3) is 0 Å². The minimum Gasteiger partial charge on any atom is -0.480 e. The van der Waals surface area contributed by atoms with Crippen molar-refractivity contribution in [3.05, 3.63) is 35.9 Å². The minimum absolute atomic E-state index is 0.179. The van der Waals surface area contributed by atoms with E-state index in [1.807, 2.05) is 30.3 Å². The van der Waals surface area contributed by atoms with Gasteiger partial charge in [0.2, 0.25) is 0 Å². The lowest BCUT2D eigenvalue weighted by atomic mass is 9.87. The number of carbonyl (C=O) groups is 1. The fraction of sp³-hybridized carbons (Fsp3) is 0.562. The maximum Gasteiger partial charge on any atom is 0.328 e. The molecule has 1 atom stereocenters. The molecule has 1 unspecified atom stereocenters. The predicted octanol–water partition coefficient (Wildman–Crippen LogP) is 1.77. The van der Waals surface area contributed by atoms with Crippen LogP contribution in [0.4, 0.5) is 0 Å². The molecule has 0 amide bonds. The lowest BCUT2D eigenvalue weighted by Gasteiger charge is -2.31. The molecular formula is C16H23NO4. The van der Waals surface area contributed by atoms with Gasteiger partial charge in [-0.15, -0.1) is 0 Å². The van der Waals surface area contributed by atoms with E-state index in [1.54, 1.807) is 7.05 Å². The number of hydrogen-bond acceptors (Lipinski definition) is 4. The Kier molecular flexibility index (Phi) is 5.73. The van der Waals surface area contributed by atoms with E-state index in [-0.39, 0.29) is 6.10 Å². The largest absolute Gasteiger partial charge is 0.480 e. The Morgan fingerprint density at radius 1 is 1.38 bits per heavy atom. The Hall–Kier alpha value is -1.43. The van der Waals surface area contributed by atoms with Crippen molar-refractivity contribution < 1.29 is 19.4 Å². The summed E-state index contributed by atoms with van der Waals surface area (Å²) in [5.74, 6) is -0.883. The van der Waals surface area contributed by atoms with Crippen molar-refractivity contribution in [1.29, 1.82) is 0 Å². The zero-order valence-electron chi connectivity index (χ0n) is 12.4. The molecule has 0 aromatic heterocycles. The Balaban J connectivity index is 2.01. The molecule has 0 saturated carbocycles. The van der Waals surface area contributed by atoms with E-state index in [1.165, 1.54) is 0 Å². The molecule has 2 rings (SSSR count). The third kappa shape index (κ3) is 3.81. The van der Waals surface area contributed by atoms with Crippen LogP contribution in [-0.4, -0.2) is 44.0 Å². The molecule has 0 bridgehead atoms. The SMILES string of the molecule is CNC(CCOC1CCOCC1)(C(=O)O)c1ccccc1. The Bertz CT molecular complexity index is 445. The number of likely N-dealkylation sites (N-methyl/N-ethyl adjacent to an activating group) is 1. The molecule has 1 heterocycles. The van der Waals surface area contributed by atoms with E-state index in [9.17, 15) is 9.90 Å². The molecule has 0 aliphatic carbocycles. The summed E-state index contributed by atoms with van der Waals surface area (Å²) in [5.41, 5.74) is -0.359. The normalized spacial score (nSPS) is 19.1. The second-order valence-electron chi connectivity index (χ2n) is 5.26. The van der Waals surface area contributed by atoms with Crippen molar-refractivity contribution in [1.82, 2.24) is 5.32 Å². The molecule has 5 nitrogen and oxygen atoms in total. The quantitative estimate of drug-likeness (QED) is 0.802. The standard InChI is InChI=1S/C16H23NO4/c1-17-16(15(18)19,13-5-3-2-4-6-13)9-12-21-14-7-10-20-11-8-14/h2-6,14,17H,7-12H2,1H3,(H,18,19). The van der Waals surface area contributed by atoms with E-state index in [0.717, 1.165) is 31.6 Å². The highest BCUT2D eigenvalue weighted by Gasteiger charge is 2.38. The van der Waals surface area contributed by atoms with Gasteiger partial charge in [0.05, 0.1) is 6.10 Å². The van der Waals surface area contributed by atoms with Crippen LogP contribution < -0.4 is 5.32 Å². The number of carboxylic acid groups (broad SMARTS) is 1. The Labute approximate surface area is 125 Å². The third-order valence-corrected chi connectivity index (χ3v) is 4.06. The fourth-order valence-electron chi connectivity index (χ4n) is 2.69. The zero-order valence-corrected chi connectivity index (χ0v) is 12.4. The van der Waals surface area contributed by atoms with Crippen LogP contribution in [0.15, 0.2) is 30.3 Å². The first-order valence-corrected chi connectivity index (χ1v) is 7.36. The number of nitrogens with one attached hydrogen (secondary N) is 1.